The lowest BCUT2D eigenvalue weighted by Crippen LogP contribution is -2.63. The second-order valence-electron chi connectivity index (χ2n) is 13.8. The highest BCUT2D eigenvalue weighted by molar-refractivity contribution is 6.31. The second kappa shape index (κ2) is 11.3. The number of ether oxygens (including phenoxy) is 1. The van der Waals surface area contributed by atoms with E-state index in [-0.39, 0.29) is 39.8 Å². The molecule has 43 heavy (non-hydrogen) atoms. The maximum absolute atomic E-state index is 15.9. The van der Waals surface area contributed by atoms with Crippen LogP contribution in [-0.2, 0) is 24.5 Å². The minimum atomic E-state index is -1.31. The molecule has 11 heteroatoms. The van der Waals surface area contributed by atoms with E-state index in [9.17, 15) is 14.4 Å². The summed E-state index contributed by atoms with van der Waals surface area (Å²) in [6.07, 6.45) is 0.535. The first-order valence-electron chi connectivity index (χ1n) is 14.6. The lowest BCUT2D eigenvalue weighted by atomic mass is 9.62. The lowest BCUT2D eigenvalue weighted by Gasteiger charge is -2.43. The highest BCUT2D eigenvalue weighted by atomic mass is 35.5. The zero-order chi connectivity index (χ0) is 31.5. The monoisotopic (exact) mass is 632 g/mol. The fourth-order valence-corrected chi connectivity index (χ4v) is 7.55. The van der Waals surface area contributed by atoms with E-state index >= 15 is 4.39 Å². The SMILES string of the molecule is CC(=O)OC(C)(C)CN1CC(NC(=O)C2NC(CC(C)(C)C)C3(C(=O)Nc4cc(Cl)ccc43)C2c2cccc(Cl)c2F)C1. The van der Waals surface area contributed by atoms with Crippen LogP contribution in [0.15, 0.2) is 36.4 Å². The number of rotatable bonds is 7. The molecule has 0 saturated carbocycles. The minimum Gasteiger partial charge on any atom is -0.458 e. The number of nitrogens with one attached hydrogen (secondary N) is 3. The molecule has 0 radical (unpaired) electrons. The van der Waals surface area contributed by atoms with E-state index in [0.29, 0.717) is 42.3 Å². The van der Waals surface area contributed by atoms with Crippen molar-refractivity contribution in [2.75, 3.05) is 25.0 Å². The third-order valence-corrected chi connectivity index (χ3v) is 9.08. The Morgan fingerprint density at radius 3 is 2.49 bits per heavy atom. The molecule has 0 aliphatic carbocycles. The molecular formula is C32H39Cl2FN4O4. The third-order valence-electron chi connectivity index (χ3n) is 8.55. The summed E-state index contributed by atoms with van der Waals surface area (Å²) in [5.41, 5.74) is -0.774. The lowest BCUT2D eigenvalue weighted by molar-refractivity contribution is -0.156. The van der Waals surface area contributed by atoms with Crippen LogP contribution in [0.25, 0.3) is 0 Å². The van der Waals surface area contributed by atoms with Crippen LogP contribution in [0.1, 0.15) is 65.0 Å². The van der Waals surface area contributed by atoms with Crippen molar-refractivity contribution >= 4 is 46.7 Å². The molecule has 4 unspecified atom stereocenters. The number of esters is 1. The van der Waals surface area contributed by atoms with Crippen LogP contribution < -0.4 is 16.0 Å². The molecule has 8 nitrogen and oxygen atoms in total. The number of hydrogen-bond donors (Lipinski definition) is 3. The molecule has 5 rings (SSSR count). The first kappa shape index (κ1) is 31.7. The predicted molar refractivity (Wildman–Crippen MR) is 165 cm³/mol. The first-order valence-corrected chi connectivity index (χ1v) is 15.3. The minimum absolute atomic E-state index is 0.0779. The molecule has 3 heterocycles. The number of carbonyl (C=O) groups excluding carboxylic acids is 3. The predicted octanol–water partition coefficient (Wildman–Crippen LogP) is 5.02. The molecule has 2 aromatic rings. The van der Waals surface area contributed by atoms with Crippen molar-refractivity contribution in [1.82, 2.24) is 15.5 Å². The smallest absolute Gasteiger partial charge is 0.303 e. The Morgan fingerprint density at radius 1 is 1.14 bits per heavy atom. The van der Waals surface area contributed by atoms with Crippen LogP contribution in [0.3, 0.4) is 0 Å². The van der Waals surface area contributed by atoms with Gasteiger partial charge in [-0.15, -0.1) is 0 Å². The van der Waals surface area contributed by atoms with Crippen molar-refractivity contribution in [1.29, 1.82) is 0 Å². The van der Waals surface area contributed by atoms with Crippen LogP contribution in [0.5, 0.6) is 0 Å². The van der Waals surface area contributed by atoms with Gasteiger partial charge in [-0.1, -0.05) is 62.2 Å². The average molecular weight is 634 g/mol. The standard InChI is InChI=1S/C32H39Cl2FN4O4/c1-17(40)43-31(5,6)16-39-14-19(15-39)36-28(41)27-25(20-8-7-9-22(34)26(20)35)32(24(38-27)13-30(2,3)4)21-11-10-18(33)12-23(21)37-29(32)42/h7-12,19,24-25,27,38H,13-16H2,1-6H3,(H,36,41)(H,37,42). The molecular weight excluding hydrogens is 594 g/mol. The van der Waals surface area contributed by atoms with Gasteiger partial charge in [-0.2, -0.15) is 0 Å². The van der Waals surface area contributed by atoms with Gasteiger partial charge in [-0.05, 0) is 55.0 Å². The highest BCUT2D eigenvalue weighted by Gasteiger charge is 2.66. The van der Waals surface area contributed by atoms with Gasteiger partial charge in [-0.25, -0.2) is 4.39 Å². The fourth-order valence-electron chi connectivity index (χ4n) is 7.19. The van der Waals surface area contributed by atoms with Crippen molar-refractivity contribution in [2.45, 2.75) is 83.0 Å². The molecule has 232 valence electrons. The number of anilines is 1. The molecule has 3 N–H and O–H groups in total. The van der Waals surface area contributed by atoms with E-state index < -0.39 is 34.8 Å². The van der Waals surface area contributed by atoms with Gasteiger partial charge in [0.2, 0.25) is 11.8 Å². The zero-order valence-corrected chi connectivity index (χ0v) is 26.8. The van der Waals surface area contributed by atoms with Gasteiger partial charge in [0.25, 0.3) is 0 Å². The summed E-state index contributed by atoms with van der Waals surface area (Å²) in [7, 11) is 0. The van der Waals surface area contributed by atoms with Gasteiger partial charge in [0.15, 0.2) is 0 Å². The molecule has 2 saturated heterocycles. The van der Waals surface area contributed by atoms with E-state index in [0.717, 1.165) is 0 Å². The van der Waals surface area contributed by atoms with Gasteiger partial charge >= 0.3 is 5.97 Å². The number of fused-ring (bicyclic) bond motifs is 2. The van der Waals surface area contributed by atoms with E-state index in [2.05, 4.69) is 41.6 Å². The summed E-state index contributed by atoms with van der Waals surface area (Å²) >= 11 is 12.6. The quantitative estimate of drug-likeness (QED) is 0.371. The Balaban J connectivity index is 1.51. The van der Waals surface area contributed by atoms with Crippen LogP contribution in [-0.4, -0.2) is 66.0 Å². The fraction of sp³-hybridized carbons (Fsp3) is 0.531. The molecule has 1 spiro atoms. The molecule has 2 aromatic carbocycles. The van der Waals surface area contributed by atoms with Gasteiger partial charge in [0, 0.05) is 49.2 Å². The van der Waals surface area contributed by atoms with Crippen LogP contribution in [0.2, 0.25) is 10.0 Å². The number of likely N-dealkylation sites (tertiary alicyclic amines) is 1. The Bertz CT molecular complexity index is 1460. The highest BCUT2D eigenvalue weighted by Crippen LogP contribution is 2.57. The van der Waals surface area contributed by atoms with E-state index in [4.69, 9.17) is 27.9 Å². The van der Waals surface area contributed by atoms with E-state index in [1.807, 2.05) is 13.8 Å². The number of halogens is 3. The maximum Gasteiger partial charge on any atom is 0.303 e. The first-order chi connectivity index (χ1) is 20.0. The molecule has 2 fully saturated rings. The van der Waals surface area contributed by atoms with Crippen LogP contribution in [0.4, 0.5) is 10.1 Å². The molecule has 3 aliphatic heterocycles. The topological polar surface area (TPSA) is 99.8 Å². The Labute approximate surface area is 262 Å². The molecule has 0 aromatic heterocycles. The summed E-state index contributed by atoms with van der Waals surface area (Å²) in [4.78, 5) is 41.9. The van der Waals surface area contributed by atoms with E-state index in [1.165, 1.54) is 13.0 Å². The van der Waals surface area contributed by atoms with Crippen molar-refractivity contribution in [3.8, 4) is 0 Å². The summed E-state index contributed by atoms with van der Waals surface area (Å²) in [5, 5.41) is 10.00. The van der Waals surface area contributed by atoms with Crippen molar-refractivity contribution < 1.29 is 23.5 Å². The van der Waals surface area contributed by atoms with Gasteiger partial charge in [-0.3, -0.25) is 19.3 Å². The normalized spacial score (nSPS) is 25.8. The van der Waals surface area contributed by atoms with Gasteiger partial charge < -0.3 is 20.7 Å². The summed E-state index contributed by atoms with van der Waals surface area (Å²) in [6.45, 7) is 12.9. The third kappa shape index (κ3) is 6.01. The maximum atomic E-state index is 15.9. The van der Waals surface area contributed by atoms with Gasteiger partial charge in [0.05, 0.1) is 17.1 Å². The van der Waals surface area contributed by atoms with Gasteiger partial charge in [0.1, 0.15) is 16.8 Å². The van der Waals surface area contributed by atoms with Crippen molar-refractivity contribution in [3.63, 3.8) is 0 Å². The molecule has 4 atom stereocenters. The van der Waals surface area contributed by atoms with Crippen LogP contribution >= 0.6 is 23.2 Å². The van der Waals surface area contributed by atoms with Crippen LogP contribution in [0, 0.1) is 11.2 Å². The molecule has 2 amide bonds. The number of benzene rings is 2. The number of amides is 2. The Hall–Kier alpha value is -2.72. The summed E-state index contributed by atoms with van der Waals surface area (Å²) < 4.78 is 21.3. The van der Waals surface area contributed by atoms with Crippen molar-refractivity contribution in [2.24, 2.45) is 5.41 Å². The summed E-state index contributed by atoms with van der Waals surface area (Å²) in [6, 6.07) is 8.33. The van der Waals surface area contributed by atoms with Crippen molar-refractivity contribution in [3.05, 3.63) is 63.4 Å². The Morgan fingerprint density at radius 2 is 1.84 bits per heavy atom. The molecule has 0 bridgehead atoms. The number of hydrogen-bond acceptors (Lipinski definition) is 6. The molecule has 3 aliphatic rings. The summed E-state index contributed by atoms with van der Waals surface area (Å²) in [5.74, 6) is -2.53. The second-order valence-corrected chi connectivity index (χ2v) is 14.7. The zero-order valence-electron chi connectivity index (χ0n) is 25.3. The Kier molecular flexibility index (Phi) is 8.35. The number of carbonyl (C=O) groups is 3. The van der Waals surface area contributed by atoms with E-state index in [1.54, 1.807) is 30.3 Å². The number of nitrogens with zero attached hydrogens (tertiary/aromatic N) is 1. The average Bonchev–Trinajstić information content (AvgIpc) is 3.32. The largest absolute Gasteiger partial charge is 0.458 e.